The molecule has 0 radical (unpaired) electrons. The maximum Gasteiger partial charge on any atom is 0.266 e. The second-order valence-electron chi connectivity index (χ2n) is 4.36. The molecule has 1 heterocycles. The van der Waals surface area contributed by atoms with Crippen molar-refractivity contribution in [3.8, 4) is 5.69 Å². The van der Waals surface area contributed by atoms with Crippen LogP contribution in [0.4, 0.5) is 0 Å². The van der Waals surface area contributed by atoms with Gasteiger partial charge in [0.1, 0.15) is 0 Å². The lowest BCUT2D eigenvalue weighted by Crippen LogP contribution is -2.20. The summed E-state index contributed by atoms with van der Waals surface area (Å²) in [7, 11) is 0. The number of nitrogens with zero attached hydrogens (tertiary/aromatic N) is 1. The number of benzene rings is 2. The van der Waals surface area contributed by atoms with Gasteiger partial charge in [-0.3, -0.25) is 9.36 Å². The number of hydrogen-bond donors (Lipinski definition) is 1. The van der Waals surface area contributed by atoms with Crippen molar-refractivity contribution in [3.05, 3.63) is 66.0 Å². The van der Waals surface area contributed by atoms with E-state index in [2.05, 4.69) is 20.9 Å². The highest BCUT2D eigenvalue weighted by Crippen LogP contribution is 2.24. The average molecular weight is 402 g/mol. The highest BCUT2D eigenvalue weighted by molar-refractivity contribution is 9.10. The monoisotopic (exact) mass is 400 g/mol. The molecule has 21 heavy (non-hydrogen) atoms. The molecule has 0 bridgehead atoms. The second-order valence-corrected chi connectivity index (χ2v) is 6.50. The van der Waals surface area contributed by atoms with Gasteiger partial charge in [-0.05, 0) is 48.6 Å². The zero-order valence-electron chi connectivity index (χ0n) is 10.4. The average Bonchev–Trinajstić information content (AvgIpc) is 2.40. The molecule has 0 fully saturated rings. The maximum atomic E-state index is 12.7. The van der Waals surface area contributed by atoms with Crippen molar-refractivity contribution in [3.63, 3.8) is 0 Å². The maximum absolute atomic E-state index is 12.7. The topological polar surface area (TPSA) is 37.8 Å². The van der Waals surface area contributed by atoms with Crippen LogP contribution in [0.25, 0.3) is 16.6 Å². The van der Waals surface area contributed by atoms with Crippen LogP contribution in [0.15, 0.2) is 45.7 Å². The molecule has 2 aromatic carbocycles. The lowest BCUT2D eigenvalue weighted by Gasteiger charge is -2.10. The summed E-state index contributed by atoms with van der Waals surface area (Å²) < 4.78 is 2.50. The van der Waals surface area contributed by atoms with Crippen molar-refractivity contribution < 1.29 is 0 Å². The fourth-order valence-corrected chi connectivity index (χ4v) is 3.22. The summed E-state index contributed by atoms with van der Waals surface area (Å²) in [5, 5.41) is 1.38. The Kier molecular flexibility index (Phi) is 3.92. The number of nitrogens with one attached hydrogen (secondary N) is 1. The summed E-state index contributed by atoms with van der Waals surface area (Å²) in [5.74, 6) is 0. The van der Waals surface area contributed by atoms with Crippen molar-refractivity contribution in [2.45, 2.75) is 0 Å². The van der Waals surface area contributed by atoms with Crippen molar-refractivity contribution >= 4 is 62.3 Å². The molecule has 3 aromatic rings. The van der Waals surface area contributed by atoms with E-state index in [1.165, 1.54) is 4.57 Å². The highest BCUT2D eigenvalue weighted by atomic mass is 79.9. The van der Waals surface area contributed by atoms with Gasteiger partial charge in [-0.1, -0.05) is 39.1 Å². The Morgan fingerprint density at radius 1 is 1.14 bits per heavy atom. The molecule has 0 aliphatic rings. The quantitative estimate of drug-likeness (QED) is 0.574. The second kappa shape index (κ2) is 5.57. The number of halogens is 3. The molecule has 1 aromatic heterocycles. The summed E-state index contributed by atoms with van der Waals surface area (Å²) >= 11 is 20.7. The van der Waals surface area contributed by atoms with E-state index in [4.69, 9.17) is 35.4 Å². The van der Waals surface area contributed by atoms with Crippen molar-refractivity contribution in [1.29, 1.82) is 0 Å². The van der Waals surface area contributed by atoms with Gasteiger partial charge in [-0.2, -0.15) is 0 Å². The van der Waals surface area contributed by atoms with Gasteiger partial charge in [-0.25, -0.2) is 0 Å². The minimum atomic E-state index is -0.231. The Hall–Kier alpha value is -1.14. The Morgan fingerprint density at radius 3 is 2.62 bits per heavy atom. The molecule has 0 saturated carbocycles. The minimum absolute atomic E-state index is 0.231. The molecule has 0 spiro atoms. The number of aromatic amines is 1. The SMILES string of the molecule is O=c1c2ccc(Br)cc2[nH]c(=S)n1-c1ccc(Cl)cc1Cl. The van der Waals surface area contributed by atoms with Crippen LogP contribution in [-0.2, 0) is 0 Å². The van der Waals surface area contributed by atoms with Crippen LogP contribution in [-0.4, -0.2) is 9.55 Å². The third-order valence-corrected chi connectivity index (χ3v) is 4.33. The molecule has 0 atom stereocenters. The van der Waals surface area contributed by atoms with Gasteiger partial charge >= 0.3 is 0 Å². The minimum Gasteiger partial charge on any atom is -0.331 e. The fraction of sp³-hybridized carbons (Fsp3) is 0. The molecule has 0 amide bonds. The number of hydrogen-bond acceptors (Lipinski definition) is 2. The summed E-state index contributed by atoms with van der Waals surface area (Å²) in [6, 6.07) is 10.2. The highest BCUT2D eigenvalue weighted by Gasteiger charge is 2.11. The molecule has 1 N–H and O–H groups in total. The van der Waals surface area contributed by atoms with E-state index < -0.39 is 0 Å². The van der Waals surface area contributed by atoms with Crippen LogP contribution < -0.4 is 5.56 Å². The van der Waals surface area contributed by atoms with E-state index in [-0.39, 0.29) is 10.3 Å². The zero-order valence-corrected chi connectivity index (χ0v) is 14.3. The van der Waals surface area contributed by atoms with Gasteiger partial charge in [-0.15, -0.1) is 0 Å². The standard InChI is InChI=1S/C14H7BrCl2N2OS/c15-7-1-3-9-11(5-7)18-14(21)19(13(9)20)12-4-2-8(16)6-10(12)17/h1-6H,(H,18,21). The van der Waals surface area contributed by atoms with Crippen LogP contribution in [0.2, 0.25) is 10.0 Å². The lowest BCUT2D eigenvalue weighted by atomic mass is 10.2. The Labute approximate surface area is 143 Å². The van der Waals surface area contributed by atoms with Crippen LogP contribution in [0, 0.1) is 4.77 Å². The molecular formula is C14H7BrCl2N2OS. The first-order chi connectivity index (χ1) is 9.97. The molecule has 3 rings (SSSR count). The van der Waals surface area contributed by atoms with E-state index in [1.54, 1.807) is 36.4 Å². The van der Waals surface area contributed by atoms with Gasteiger partial charge < -0.3 is 4.98 Å². The van der Waals surface area contributed by atoms with E-state index >= 15 is 0 Å². The third-order valence-electron chi connectivity index (χ3n) is 3.01. The van der Waals surface area contributed by atoms with Crippen molar-refractivity contribution in [2.24, 2.45) is 0 Å². The predicted molar refractivity (Wildman–Crippen MR) is 92.4 cm³/mol. The van der Waals surface area contributed by atoms with Gasteiger partial charge in [0.05, 0.1) is 21.6 Å². The summed E-state index contributed by atoms with van der Waals surface area (Å²) in [6.45, 7) is 0. The number of H-pyrrole nitrogens is 1. The predicted octanol–water partition coefficient (Wildman–Crippen LogP) is 5.12. The first-order valence-corrected chi connectivity index (χ1v) is 7.83. The summed E-state index contributed by atoms with van der Waals surface area (Å²) in [6.07, 6.45) is 0. The Bertz CT molecular complexity index is 981. The molecule has 0 unspecified atom stereocenters. The number of rotatable bonds is 1. The molecule has 3 nitrogen and oxygen atoms in total. The van der Waals surface area contributed by atoms with Gasteiger partial charge in [0.25, 0.3) is 5.56 Å². The fourth-order valence-electron chi connectivity index (χ4n) is 2.07. The molecule has 0 aliphatic heterocycles. The zero-order chi connectivity index (χ0) is 15.1. The molecule has 0 aliphatic carbocycles. The van der Waals surface area contributed by atoms with E-state index in [1.807, 2.05) is 0 Å². The van der Waals surface area contributed by atoms with Crippen LogP contribution in [0.3, 0.4) is 0 Å². The smallest absolute Gasteiger partial charge is 0.266 e. The Morgan fingerprint density at radius 2 is 1.90 bits per heavy atom. The van der Waals surface area contributed by atoms with Crippen molar-refractivity contribution in [1.82, 2.24) is 9.55 Å². The molecule has 106 valence electrons. The summed E-state index contributed by atoms with van der Waals surface area (Å²) in [5.41, 5.74) is 0.934. The van der Waals surface area contributed by atoms with E-state index in [9.17, 15) is 4.79 Å². The largest absolute Gasteiger partial charge is 0.331 e. The molecule has 7 heteroatoms. The van der Waals surface area contributed by atoms with Crippen molar-refractivity contribution in [2.75, 3.05) is 0 Å². The molecule has 0 saturated heterocycles. The number of aromatic nitrogens is 2. The van der Waals surface area contributed by atoms with Gasteiger partial charge in [0.2, 0.25) is 0 Å². The normalized spacial score (nSPS) is 11.0. The van der Waals surface area contributed by atoms with Crippen LogP contribution in [0.5, 0.6) is 0 Å². The van der Waals surface area contributed by atoms with Gasteiger partial charge in [0.15, 0.2) is 4.77 Å². The molecular weight excluding hydrogens is 395 g/mol. The van der Waals surface area contributed by atoms with E-state index in [0.29, 0.717) is 26.6 Å². The lowest BCUT2D eigenvalue weighted by molar-refractivity contribution is 0.940. The van der Waals surface area contributed by atoms with Crippen LogP contribution in [0.1, 0.15) is 0 Å². The number of fused-ring (bicyclic) bond motifs is 1. The first-order valence-electron chi connectivity index (χ1n) is 5.87. The Balaban J connectivity index is 2.41. The first kappa shape index (κ1) is 14.8. The van der Waals surface area contributed by atoms with Gasteiger partial charge in [0, 0.05) is 9.50 Å². The third kappa shape index (κ3) is 2.66. The summed E-state index contributed by atoms with van der Waals surface area (Å²) in [4.78, 5) is 15.7. The van der Waals surface area contributed by atoms with Crippen LogP contribution >= 0.6 is 51.3 Å². The van der Waals surface area contributed by atoms with E-state index in [0.717, 1.165) is 4.47 Å².